The third-order valence-electron chi connectivity index (χ3n) is 6.94. The van der Waals surface area contributed by atoms with E-state index in [9.17, 15) is 4.79 Å². The first-order valence-corrected chi connectivity index (χ1v) is 12.3. The Morgan fingerprint density at radius 3 is 2.54 bits per heavy atom. The van der Waals surface area contributed by atoms with E-state index in [4.69, 9.17) is 9.72 Å². The largest absolute Gasteiger partial charge is 0.378 e. The maximum absolute atomic E-state index is 13.3. The molecule has 9 nitrogen and oxygen atoms in total. The average molecular weight is 472 g/mol. The van der Waals surface area contributed by atoms with Crippen LogP contribution in [-0.4, -0.2) is 74.6 Å². The second kappa shape index (κ2) is 9.14. The van der Waals surface area contributed by atoms with E-state index in [-0.39, 0.29) is 5.91 Å². The number of morpholine rings is 1. The van der Waals surface area contributed by atoms with Crippen molar-refractivity contribution in [2.75, 3.05) is 44.3 Å². The maximum atomic E-state index is 13.3. The number of pyridine rings is 2. The Labute approximate surface area is 203 Å². The third kappa shape index (κ3) is 4.05. The van der Waals surface area contributed by atoms with Gasteiger partial charge < -0.3 is 14.5 Å². The molecule has 4 aromatic heterocycles. The van der Waals surface area contributed by atoms with Gasteiger partial charge >= 0.3 is 0 Å². The fourth-order valence-electron chi connectivity index (χ4n) is 5.04. The second-order valence-corrected chi connectivity index (χ2v) is 9.16. The van der Waals surface area contributed by atoms with Crippen LogP contribution in [0.2, 0.25) is 0 Å². The highest BCUT2D eigenvalue weighted by atomic mass is 16.5. The Morgan fingerprint density at radius 1 is 0.943 bits per heavy atom. The van der Waals surface area contributed by atoms with E-state index < -0.39 is 0 Å². The molecule has 2 saturated heterocycles. The van der Waals surface area contributed by atoms with Crippen LogP contribution >= 0.6 is 0 Å². The first kappa shape index (κ1) is 21.8. The van der Waals surface area contributed by atoms with Crippen LogP contribution in [0.15, 0.2) is 48.8 Å². The monoisotopic (exact) mass is 471 g/mol. The highest BCUT2D eigenvalue weighted by Gasteiger charge is 2.23. The van der Waals surface area contributed by atoms with Crippen molar-refractivity contribution in [2.45, 2.75) is 19.3 Å². The number of fused-ring (bicyclic) bond motifs is 1. The summed E-state index contributed by atoms with van der Waals surface area (Å²) in [6.45, 7) is 4.59. The number of carbonyl (C=O) groups excluding carboxylic acids is 1. The molecule has 0 saturated carbocycles. The highest BCUT2D eigenvalue weighted by molar-refractivity contribution is 6.01. The lowest BCUT2D eigenvalue weighted by Gasteiger charge is -2.28. The van der Waals surface area contributed by atoms with Crippen molar-refractivity contribution >= 4 is 17.2 Å². The summed E-state index contributed by atoms with van der Waals surface area (Å²) < 4.78 is 9.27. The van der Waals surface area contributed by atoms with E-state index in [1.807, 2.05) is 45.4 Å². The van der Waals surface area contributed by atoms with Crippen molar-refractivity contribution in [2.24, 2.45) is 7.05 Å². The van der Waals surface area contributed by atoms with Crippen LogP contribution in [0, 0.1) is 0 Å². The Kier molecular flexibility index (Phi) is 5.69. The van der Waals surface area contributed by atoms with Crippen LogP contribution in [0.4, 0.5) is 5.82 Å². The van der Waals surface area contributed by atoms with Gasteiger partial charge in [0.05, 0.1) is 47.6 Å². The third-order valence-corrected chi connectivity index (χ3v) is 6.94. The minimum absolute atomic E-state index is 0.0659. The number of hydrogen-bond donors (Lipinski definition) is 0. The van der Waals surface area contributed by atoms with Gasteiger partial charge in [0.25, 0.3) is 5.91 Å². The molecule has 2 aliphatic rings. The quantitative estimate of drug-likeness (QED) is 0.455. The number of hydrogen-bond acceptors (Lipinski definition) is 6. The molecule has 0 radical (unpaired) electrons. The SMILES string of the molecule is Cn1nccc1-c1cc(-c2cccc3c(C(=O)N4CCCCC4)cnn23)cc(N2CCOCC2)n1. The molecule has 9 heteroatoms. The highest BCUT2D eigenvalue weighted by Crippen LogP contribution is 2.30. The standard InChI is InChI=1S/C26H29N7O2/c1-30-24(8-9-27-30)21-16-19(17-25(29-21)31-12-14-35-15-13-31)22-6-5-7-23-20(18-28-33(22)23)26(34)32-10-3-2-4-11-32/h5-9,16-18H,2-4,10-15H2,1H3. The molecular formula is C26H29N7O2. The minimum Gasteiger partial charge on any atom is -0.378 e. The zero-order valence-electron chi connectivity index (χ0n) is 19.9. The van der Waals surface area contributed by atoms with Gasteiger partial charge in [0.15, 0.2) is 0 Å². The summed E-state index contributed by atoms with van der Waals surface area (Å²) in [6, 6.07) is 12.2. The molecule has 6 rings (SSSR count). The molecule has 0 spiro atoms. The van der Waals surface area contributed by atoms with Gasteiger partial charge in [-0.3, -0.25) is 9.48 Å². The van der Waals surface area contributed by atoms with Gasteiger partial charge in [-0.25, -0.2) is 9.50 Å². The Bertz CT molecular complexity index is 1360. The number of likely N-dealkylation sites (tertiary alicyclic amines) is 1. The summed E-state index contributed by atoms with van der Waals surface area (Å²) in [5, 5.41) is 9.00. The van der Waals surface area contributed by atoms with Crippen LogP contribution in [0.25, 0.3) is 28.2 Å². The molecule has 2 aliphatic heterocycles. The molecular weight excluding hydrogens is 442 g/mol. The van der Waals surface area contributed by atoms with E-state index in [0.29, 0.717) is 18.8 Å². The lowest BCUT2D eigenvalue weighted by molar-refractivity contribution is 0.0726. The molecule has 2 fully saturated rings. The lowest BCUT2D eigenvalue weighted by Crippen LogP contribution is -2.36. The van der Waals surface area contributed by atoms with Crippen molar-refractivity contribution in [1.29, 1.82) is 0 Å². The maximum Gasteiger partial charge on any atom is 0.257 e. The topological polar surface area (TPSA) is 80.8 Å². The molecule has 0 bridgehead atoms. The first-order valence-electron chi connectivity index (χ1n) is 12.3. The fourth-order valence-corrected chi connectivity index (χ4v) is 5.04. The molecule has 35 heavy (non-hydrogen) atoms. The van der Waals surface area contributed by atoms with Crippen LogP contribution in [0.5, 0.6) is 0 Å². The number of ether oxygens (including phenoxy) is 1. The predicted octanol–water partition coefficient (Wildman–Crippen LogP) is 3.26. The summed E-state index contributed by atoms with van der Waals surface area (Å²) in [5.41, 5.74) is 5.17. The van der Waals surface area contributed by atoms with Crippen molar-refractivity contribution in [1.82, 2.24) is 29.3 Å². The number of nitrogens with zero attached hydrogens (tertiary/aromatic N) is 7. The number of rotatable bonds is 4. The molecule has 0 N–H and O–H groups in total. The molecule has 4 aromatic rings. The Hall–Kier alpha value is -3.72. The normalized spacial score (nSPS) is 16.7. The zero-order chi connectivity index (χ0) is 23.8. The van der Waals surface area contributed by atoms with Crippen LogP contribution < -0.4 is 4.90 Å². The van der Waals surface area contributed by atoms with E-state index in [2.05, 4.69) is 27.2 Å². The van der Waals surface area contributed by atoms with Crippen molar-refractivity contribution in [3.63, 3.8) is 0 Å². The summed E-state index contributed by atoms with van der Waals surface area (Å²) in [4.78, 5) is 22.5. The van der Waals surface area contributed by atoms with Crippen molar-refractivity contribution in [3.8, 4) is 22.6 Å². The van der Waals surface area contributed by atoms with Crippen LogP contribution in [0.3, 0.4) is 0 Å². The number of piperidine rings is 1. The summed E-state index contributed by atoms with van der Waals surface area (Å²) in [6.07, 6.45) is 6.81. The zero-order valence-corrected chi connectivity index (χ0v) is 19.9. The van der Waals surface area contributed by atoms with Gasteiger partial charge in [-0.15, -0.1) is 0 Å². The van der Waals surface area contributed by atoms with Gasteiger partial charge in [0, 0.05) is 45.0 Å². The summed E-state index contributed by atoms with van der Waals surface area (Å²) in [5.74, 6) is 0.965. The fraction of sp³-hybridized carbons (Fsp3) is 0.385. The molecule has 180 valence electrons. The van der Waals surface area contributed by atoms with Gasteiger partial charge in [0.1, 0.15) is 5.82 Å². The number of carbonyl (C=O) groups is 1. The number of aryl methyl sites for hydroxylation is 1. The van der Waals surface area contributed by atoms with Crippen molar-refractivity contribution < 1.29 is 9.53 Å². The molecule has 6 heterocycles. The predicted molar refractivity (Wildman–Crippen MR) is 133 cm³/mol. The molecule has 0 aromatic carbocycles. The number of aromatic nitrogens is 5. The molecule has 0 aliphatic carbocycles. The summed E-state index contributed by atoms with van der Waals surface area (Å²) in [7, 11) is 1.92. The molecule has 0 unspecified atom stereocenters. The number of anilines is 1. The van der Waals surface area contributed by atoms with Crippen LogP contribution in [-0.2, 0) is 11.8 Å². The van der Waals surface area contributed by atoms with E-state index in [1.165, 1.54) is 6.42 Å². The smallest absolute Gasteiger partial charge is 0.257 e. The van der Waals surface area contributed by atoms with Crippen molar-refractivity contribution in [3.05, 3.63) is 54.4 Å². The minimum atomic E-state index is 0.0659. The molecule has 1 amide bonds. The first-order chi connectivity index (χ1) is 17.2. The van der Waals surface area contributed by atoms with Gasteiger partial charge in [-0.05, 0) is 49.6 Å². The van der Waals surface area contributed by atoms with Gasteiger partial charge in [-0.2, -0.15) is 10.2 Å². The average Bonchev–Trinajstić information content (AvgIpc) is 3.55. The second-order valence-electron chi connectivity index (χ2n) is 9.16. The van der Waals surface area contributed by atoms with Crippen LogP contribution in [0.1, 0.15) is 29.6 Å². The van der Waals surface area contributed by atoms with Gasteiger partial charge in [-0.1, -0.05) is 6.07 Å². The Morgan fingerprint density at radius 2 is 1.77 bits per heavy atom. The summed E-state index contributed by atoms with van der Waals surface area (Å²) >= 11 is 0. The number of amides is 1. The van der Waals surface area contributed by atoms with Gasteiger partial charge in [0.2, 0.25) is 0 Å². The molecule has 0 atom stereocenters. The lowest BCUT2D eigenvalue weighted by atomic mass is 10.1. The van der Waals surface area contributed by atoms with E-state index in [0.717, 1.165) is 73.0 Å². The Balaban J connectivity index is 1.45. The van der Waals surface area contributed by atoms with E-state index >= 15 is 0 Å². The van der Waals surface area contributed by atoms with E-state index in [1.54, 1.807) is 12.4 Å².